The van der Waals surface area contributed by atoms with Gasteiger partial charge in [-0.3, -0.25) is 4.98 Å². The molecule has 0 saturated heterocycles. The number of rotatable bonds is 5. The van der Waals surface area contributed by atoms with Gasteiger partial charge in [-0.2, -0.15) is 4.57 Å². The van der Waals surface area contributed by atoms with Crippen LogP contribution in [0.25, 0.3) is 0 Å². The first kappa shape index (κ1) is 15.8. The summed E-state index contributed by atoms with van der Waals surface area (Å²) < 4.78 is 11.2. The summed E-state index contributed by atoms with van der Waals surface area (Å²) in [5.41, 5.74) is 0.606. The highest BCUT2D eigenvalue weighted by atomic mass is 16.5. The number of ether oxygens (including phenoxy) is 2. The van der Waals surface area contributed by atoms with Gasteiger partial charge >= 0.3 is 11.9 Å². The van der Waals surface area contributed by atoms with Gasteiger partial charge in [0.1, 0.15) is 0 Å². The maximum atomic E-state index is 11.8. The maximum absolute atomic E-state index is 11.8. The predicted molar refractivity (Wildman–Crippen MR) is 70.3 cm³/mol. The zero-order chi connectivity index (χ0) is 15.1. The first-order valence-corrected chi connectivity index (χ1v) is 6.20. The highest BCUT2D eigenvalue weighted by Crippen LogP contribution is 2.18. The molecule has 0 fully saturated rings. The van der Waals surface area contributed by atoms with Gasteiger partial charge in [0.2, 0.25) is 0 Å². The van der Waals surface area contributed by atoms with E-state index in [4.69, 9.17) is 0 Å². The van der Waals surface area contributed by atoms with E-state index in [-0.39, 0.29) is 11.5 Å². The second-order valence-corrected chi connectivity index (χ2v) is 4.46. The van der Waals surface area contributed by atoms with Crippen LogP contribution in [0.2, 0.25) is 0 Å². The molecule has 0 amide bonds. The average Bonchev–Trinajstić information content (AvgIpc) is 2.46. The van der Waals surface area contributed by atoms with Crippen molar-refractivity contribution in [2.75, 3.05) is 14.2 Å². The summed E-state index contributed by atoms with van der Waals surface area (Å²) in [6, 6.07) is 0. The summed E-state index contributed by atoms with van der Waals surface area (Å²) >= 11 is 0. The average molecular weight is 279 g/mol. The van der Waals surface area contributed by atoms with E-state index in [1.165, 1.54) is 14.2 Å². The number of methoxy groups -OCH3 is 2. The van der Waals surface area contributed by atoms with Crippen LogP contribution in [0.3, 0.4) is 0 Å². The number of esters is 2. The molecule has 0 unspecified atom stereocenters. The number of allylic oxidation sites excluding steroid dienone is 1. The Labute approximate surface area is 118 Å². The van der Waals surface area contributed by atoms with Crippen LogP contribution in [0.15, 0.2) is 35.9 Å². The fourth-order valence-corrected chi connectivity index (χ4v) is 1.75. The highest BCUT2D eigenvalue weighted by molar-refractivity contribution is 6.14. The van der Waals surface area contributed by atoms with Crippen LogP contribution in [0.5, 0.6) is 0 Å². The van der Waals surface area contributed by atoms with E-state index in [0.717, 1.165) is 0 Å². The molecule has 1 aromatic rings. The van der Waals surface area contributed by atoms with E-state index in [9.17, 15) is 9.59 Å². The summed E-state index contributed by atoms with van der Waals surface area (Å²) in [6.07, 6.45) is 6.78. The predicted octanol–water partition coefficient (Wildman–Crippen LogP) is 0.668. The summed E-state index contributed by atoms with van der Waals surface area (Å²) in [5, 5.41) is 0. The Balaban J connectivity index is 3.27. The van der Waals surface area contributed by atoms with Crippen LogP contribution in [0, 0.1) is 5.92 Å². The monoisotopic (exact) mass is 279 g/mol. The summed E-state index contributed by atoms with van der Waals surface area (Å²) in [4.78, 5) is 27.6. The SMILES string of the molecule is COC(=O)C(C(=O)OC)=C(C[n+]1ccncc1)C(C)C. The van der Waals surface area contributed by atoms with E-state index < -0.39 is 11.9 Å². The molecule has 0 saturated carbocycles. The van der Waals surface area contributed by atoms with Gasteiger partial charge in [0.05, 0.1) is 26.6 Å². The molecule has 1 rings (SSSR count). The van der Waals surface area contributed by atoms with Crippen molar-refractivity contribution < 1.29 is 23.6 Å². The van der Waals surface area contributed by atoms with Gasteiger partial charge in [0.25, 0.3) is 0 Å². The molecule has 6 heteroatoms. The molecule has 0 radical (unpaired) electrons. The van der Waals surface area contributed by atoms with Gasteiger partial charge in [0, 0.05) is 5.57 Å². The Morgan fingerprint density at radius 3 is 2.00 bits per heavy atom. The Morgan fingerprint density at radius 1 is 1.10 bits per heavy atom. The normalized spacial score (nSPS) is 10.1. The molecule has 0 aliphatic rings. The minimum Gasteiger partial charge on any atom is -0.465 e. The van der Waals surface area contributed by atoms with E-state index >= 15 is 0 Å². The van der Waals surface area contributed by atoms with E-state index in [1.807, 2.05) is 18.4 Å². The zero-order valence-electron chi connectivity index (χ0n) is 12.1. The number of hydrogen-bond donors (Lipinski definition) is 0. The largest absolute Gasteiger partial charge is 0.465 e. The van der Waals surface area contributed by atoms with Crippen molar-refractivity contribution >= 4 is 11.9 Å². The lowest BCUT2D eigenvalue weighted by molar-refractivity contribution is -0.690. The Bertz CT molecular complexity index is 491. The van der Waals surface area contributed by atoms with Crippen molar-refractivity contribution in [1.82, 2.24) is 4.98 Å². The maximum Gasteiger partial charge on any atom is 0.345 e. The molecule has 0 atom stereocenters. The summed E-state index contributed by atoms with van der Waals surface area (Å²) in [7, 11) is 2.48. The highest BCUT2D eigenvalue weighted by Gasteiger charge is 2.28. The lowest BCUT2D eigenvalue weighted by Gasteiger charge is -2.13. The van der Waals surface area contributed by atoms with Gasteiger partial charge in [-0.1, -0.05) is 13.8 Å². The molecule has 0 N–H and O–H groups in total. The lowest BCUT2D eigenvalue weighted by atomic mass is 9.96. The molecule has 1 aromatic heterocycles. The zero-order valence-corrected chi connectivity index (χ0v) is 12.1. The van der Waals surface area contributed by atoms with Crippen LogP contribution < -0.4 is 4.57 Å². The van der Waals surface area contributed by atoms with Gasteiger partial charge in [-0.05, 0) is 5.92 Å². The Kier molecular flexibility index (Phi) is 5.83. The topological polar surface area (TPSA) is 69.4 Å². The van der Waals surface area contributed by atoms with Gasteiger partial charge < -0.3 is 9.47 Å². The van der Waals surface area contributed by atoms with Crippen LogP contribution in [-0.2, 0) is 25.6 Å². The van der Waals surface area contributed by atoms with Gasteiger partial charge in [-0.15, -0.1) is 0 Å². The molecule has 0 aliphatic carbocycles. The third-order valence-corrected chi connectivity index (χ3v) is 2.84. The molecule has 1 heterocycles. The molecule has 0 spiro atoms. The standard InChI is InChI=1S/C14H19N2O4/c1-10(2)11(9-16-7-5-15-6-8-16)12(13(17)19-3)14(18)20-4/h5-8,10H,9H2,1-4H3/q+1. The molecule has 0 bridgehead atoms. The number of carbonyl (C=O) groups excluding carboxylic acids is 2. The van der Waals surface area contributed by atoms with Crippen LogP contribution in [-0.4, -0.2) is 31.1 Å². The molecular formula is C14H19N2O4+. The van der Waals surface area contributed by atoms with Crippen LogP contribution >= 0.6 is 0 Å². The molecule has 108 valence electrons. The number of nitrogens with zero attached hydrogens (tertiary/aromatic N) is 2. The smallest absolute Gasteiger partial charge is 0.345 e. The van der Waals surface area contributed by atoms with E-state index in [2.05, 4.69) is 14.5 Å². The number of hydrogen-bond acceptors (Lipinski definition) is 5. The fourth-order valence-electron chi connectivity index (χ4n) is 1.75. The quantitative estimate of drug-likeness (QED) is 0.260. The van der Waals surface area contributed by atoms with Crippen molar-refractivity contribution in [2.24, 2.45) is 5.92 Å². The summed E-state index contributed by atoms with van der Waals surface area (Å²) in [5.74, 6) is -1.38. The van der Waals surface area contributed by atoms with Gasteiger partial charge in [0.15, 0.2) is 24.5 Å². The van der Waals surface area contributed by atoms with E-state index in [1.54, 1.807) is 24.8 Å². The first-order valence-electron chi connectivity index (χ1n) is 6.20. The molecule has 0 aliphatic heterocycles. The van der Waals surface area contributed by atoms with Crippen molar-refractivity contribution in [2.45, 2.75) is 20.4 Å². The van der Waals surface area contributed by atoms with Crippen LogP contribution in [0.1, 0.15) is 13.8 Å². The number of carbonyl (C=O) groups is 2. The Morgan fingerprint density at radius 2 is 1.60 bits per heavy atom. The molecule has 0 aromatic carbocycles. The fraction of sp³-hybridized carbons (Fsp3) is 0.429. The van der Waals surface area contributed by atoms with E-state index in [0.29, 0.717) is 12.1 Å². The second kappa shape index (κ2) is 7.37. The van der Waals surface area contributed by atoms with Crippen molar-refractivity contribution in [3.63, 3.8) is 0 Å². The third-order valence-electron chi connectivity index (χ3n) is 2.84. The van der Waals surface area contributed by atoms with Gasteiger partial charge in [-0.25, -0.2) is 9.59 Å². The van der Waals surface area contributed by atoms with Crippen molar-refractivity contribution in [3.8, 4) is 0 Å². The Hall–Kier alpha value is -2.24. The minimum absolute atomic E-state index is 0.0103. The second-order valence-electron chi connectivity index (χ2n) is 4.46. The minimum atomic E-state index is -0.685. The van der Waals surface area contributed by atoms with Crippen molar-refractivity contribution in [1.29, 1.82) is 0 Å². The molecular weight excluding hydrogens is 260 g/mol. The van der Waals surface area contributed by atoms with Crippen LogP contribution in [0.4, 0.5) is 0 Å². The number of aromatic nitrogens is 2. The molecule has 20 heavy (non-hydrogen) atoms. The van der Waals surface area contributed by atoms with Crippen molar-refractivity contribution in [3.05, 3.63) is 35.9 Å². The third kappa shape index (κ3) is 3.88. The molecule has 6 nitrogen and oxygen atoms in total. The summed E-state index contributed by atoms with van der Waals surface area (Å²) in [6.45, 7) is 4.20. The lowest BCUT2D eigenvalue weighted by Crippen LogP contribution is -2.36. The first-order chi connectivity index (χ1) is 9.51.